The molecule has 21 aromatic rings. The Hall–Kier alpha value is -13.7. The highest BCUT2D eigenvalue weighted by atomic mass is 35.5. The van der Waals surface area contributed by atoms with Crippen molar-refractivity contribution in [1.82, 2.24) is 15.0 Å². The van der Waals surface area contributed by atoms with Gasteiger partial charge in [-0.3, -0.25) is 0 Å². The Bertz CT molecular complexity index is 6950. The van der Waals surface area contributed by atoms with Crippen LogP contribution >= 0.6 is 45.6 Å². The Morgan fingerprint density at radius 1 is 0.246 bits per heavy atom. The molecule has 0 radical (unpaired) electrons. The van der Waals surface area contributed by atoms with Gasteiger partial charge in [-0.2, -0.15) is 0 Å². The molecule has 0 amide bonds. The zero-order chi connectivity index (χ0) is 80.0. The Balaban J connectivity index is 0.000000114. The number of aromatic hydroxyl groups is 2. The van der Waals surface area contributed by atoms with Gasteiger partial charge in [0.05, 0.1) is 41.3 Å². The number of hydrogen-bond acceptors (Lipinski definition) is 10. The van der Waals surface area contributed by atoms with Gasteiger partial charge in [-0.05, 0) is 207 Å². The SMILES string of the molecule is Cc1ccccc1-c1nc2c(-c3cccc4ccccc34)cc(-c3cccc(-c4ccccc4)c3)cc2s1.OB(O)c1cccc2ccccc12.Oc1ccccc1-c1nc2c(-c3cccc4ccccc34)cc(-c3cccc(-c4ccccc4)c3)cc2s1.Oc1ccccc1-c1nc2c(Cl)cc(-c3cccc(-c4ccccc4)c3)cc2s1. The Kier molecular flexibility index (Phi) is 21.8. The second-order valence-electron chi connectivity index (χ2n) is 28.8. The van der Waals surface area contributed by atoms with Crippen LogP contribution in [0.15, 0.2) is 400 Å². The maximum atomic E-state index is 10.6. The van der Waals surface area contributed by atoms with Crippen LogP contribution in [0.2, 0.25) is 5.02 Å². The number of benzene rings is 18. The third-order valence-electron chi connectivity index (χ3n) is 21.3. The van der Waals surface area contributed by atoms with E-state index in [0.717, 1.165) is 96.3 Å². The van der Waals surface area contributed by atoms with Crippen LogP contribution in [0.25, 0.3) is 184 Å². The van der Waals surface area contributed by atoms with Gasteiger partial charge in [0, 0.05) is 16.7 Å². The summed E-state index contributed by atoms with van der Waals surface area (Å²) in [5.74, 6) is 0.465. The molecule has 0 fully saturated rings. The van der Waals surface area contributed by atoms with E-state index in [1.165, 1.54) is 104 Å². The van der Waals surface area contributed by atoms with Gasteiger partial charge in [0.2, 0.25) is 0 Å². The van der Waals surface area contributed by atoms with Crippen molar-refractivity contribution in [3.05, 3.63) is 411 Å². The van der Waals surface area contributed by atoms with Crippen molar-refractivity contribution in [3.63, 3.8) is 0 Å². The summed E-state index contributed by atoms with van der Waals surface area (Å²) in [7, 11) is -1.40. The third kappa shape index (κ3) is 16.0. The average molecular weight is 1600 g/mol. The largest absolute Gasteiger partial charge is 0.507 e. The molecule has 3 aromatic heterocycles. The summed E-state index contributed by atoms with van der Waals surface area (Å²) in [6.45, 7) is 2.16. The fourth-order valence-corrected chi connectivity index (χ4v) is 18.9. The normalized spacial score (nSPS) is 11.1. The summed E-state index contributed by atoms with van der Waals surface area (Å²) in [4.78, 5) is 15.0. The van der Waals surface area contributed by atoms with Crippen molar-refractivity contribution in [2.75, 3.05) is 0 Å². The molecule has 0 bridgehead atoms. The molecule has 118 heavy (non-hydrogen) atoms. The van der Waals surface area contributed by atoms with Crippen LogP contribution in [0.3, 0.4) is 0 Å². The maximum absolute atomic E-state index is 10.6. The molecule has 18 aromatic carbocycles. The number of aryl methyl sites for hydroxylation is 1. The highest BCUT2D eigenvalue weighted by molar-refractivity contribution is 7.22. The van der Waals surface area contributed by atoms with E-state index in [1.807, 2.05) is 97.1 Å². The van der Waals surface area contributed by atoms with Crippen molar-refractivity contribution in [2.45, 2.75) is 6.92 Å². The van der Waals surface area contributed by atoms with Gasteiger partial charge in [-0.25, -0.2) is 15.0 Å². The van der Waals surface area contributed by atoms with E-state index in [1.54, 1.807) is 46.9 Å². The van der Waals surface area contributed by atoms with Crippen LogP contribution < -0.4 is 5.46 Å². The minimum Gasteiger partial charge on any atom is -0.507 e. The van der Waals surface area contributed by atoms with E-state index in [4.69, 9.17) is 31.6 Å². The van der Waals surface area contributed by atoms with Gasteiger partial charge in [0.1, 0.15) is 32.0 Å². The maximum Gasteiger partial charge on any atom is 0.489 e. The second kappa shape index (κ2) is 34.0. The van der Waals surface area contributed by atoms with Crippen LogP contribution in [-0.4, -0.2) is 42.3 Å². The van der Waals surface area contributed by atoms with Crippen LogP contribution in [0.1, 0.15) is 5.56 Å². The predicted molar refractivity (Wildman–Crippen MR) is 501 cm³/mol. The van der Waals surface area contributed by atoms with Gasteiger partial charge in [-0.1, -0.05) is 333 Å². The molecule has 0 aliphatic rings. The monoisotopic (exact) mass is 1590 g/mol. The van der Waals surface area contributed by atoms with Gasteiger partial charge >= 0.3 is 7.12 Å². The molecule has 0 aliphatic heterocycles. The Labute approximate surface area is 701 Å². The molecule has 0 aliphatic carbocycles. The van der Waals surface area contributed by atoms with E-state index in [9.17, 15) is 10.2 Å². The summed E-state index contributed by atoms with van der Waals surface area (Å²) < 4.78 is 3.29. The number of fused-ring (bicyclic) bond motifs is 6. The molecular weight excluding hydrogens is 1520 g/mol. The third-order valence-corrected chi connectivity index (χ3v) is 24.6. The lowest BCUT2D eigenvalue weighted by atomic mass is 9.77. The number of rotatable bonds is 12. The topological polar surface area (TPSA) is 120 Å². The summed E-state index contributed by atoms with van der Waals surface area (Å²) >= 11 is 11.5. The molecule has 7 nitrogen and oxygen atoms in total. The molecule has 0 spiro atoms. The van der Waals surface area contributed by atoms with E-state index in [2.05, 4.69) is 291 Å². The summed E-state index contributed by atoms with van der Waals surface area (Å²) in [5.41, 5.74) is 25.9. The molecule has 564 valence electrons. The minimum absolute atomic E-state index is 0.221. The van der Waals surface area contributed by atoms with E-state index in [-0.39, 0.29) is 11.5 Å². The highest BCUT2D eigenvalue weighted by Gasteiger charge is 2.22. The van der Waals surface area contributed by atoms with Crippen LogP contribution in [0, 0.1) is 6.92 Å². The predicted octanol–water partition coefficient (Wildman–Crippen LogP) is 28.4. The molecule has 0 saturated heterocycles. The fraction of sp³-hybridized carbons (Fsp3) is 0.00943. The van der Waals surface area contributed by atoms with Crippen molar-refractivity contribution in [2.24, 2.45) is 0 Å². The molecule has 3 heterocycles. The van der Waals surface area contributed by atoms with Gasteiger partial charge in [0.15, 0.2) is 0 Å². The van der Waals surface area contributed by atoms with Crippen molar-refractivity contribution < 1.29 is 20.3 Å². The van der Waals surface area contributed by atoms with E-state index in [0.29, 0.717) is 10.5 Å². The molecule has 4 N–H and O–H groups in total. The Morgan fingerprint density at radius 2 is 0.542 bits per heavy atom. The van der Waals surface area contributed by atoms with E-state index < -0.39 is 7.12 Å². The molecule has 12 heteroatoms. The quantitative estimate of drug-likeness (QED) is 0.0900. The van der Waals surface area contributed by atoms with Crippen molar-refractivity contribution in [1.29, 1.82) is 0 Å². The summed E-state index contributed by atoms with van der Waals surface area (Å²) in [6.07, 6.45) is 0. The van der Waals surface area contributed by atoms with Crippen molar-refractivity contribution in [3.8, 4) is 132 Å². The lowest BCUT2D eigenvalue weighted by Gasteiger charge is -2.12. The summed E-state index contributed by atoms with van der Waals surface area (Å²) in [6, 6.07) is 137. The summed E-state index contributed by atoms with van der Waals surface area (Å²) in [5, 5.41) is 48.9. The second-order valence-corrected chi connectivity index (χ2v) is 32.3. The number of phenolic OH excluding ortho intramolecular Hbond substituents is 2. The van der Waals surface area contributed by atoms with Crippen LogP contribution in [-0.2, 0) is 0 Å². The van der Waals surface area contributed by atoms with Crippen LogP contribution in [0.4, 0.5) is 0 Å². The number of hydrogen-bond donors (Lipinski definition) is 4. The van der Waals surface area contributed by atoms with Crippen LogP contribution in [0.5, 0.6) is 11.5 Å². The van der Waals surface area contributed by atoms with Gasteiger partial charge < -0.3 is 20.3 Å². The highest BCUT2D eigenvalue weighted by Crippen LogP contribution is 2.47. The first-order valence-corrected chi connectivity index (χ1v) is 41.7. The first-order valence-electron chi connectivity index (χ1n) is 38.9. The minimum atomic E-state index is -1.40. The lowest BCUT2D eigenvalue weighted by Crippen LogP contribution is -2.30. The zero-order valence-electron chi connectivity index (χ0n) is 63.9. The molecule has 0 saturated carbocycles. The van der Waals surface area contributed by atoms with Gasteiger partial charge in [-0.15, -0.1) is 34.0 Å². The molecule has 0 atom stereocenters. The van der Waals surface area contributed by atoms with E-state index >= 15 is 0 Å². The first-order chi connectivity index (χ1) is 58.0. The number of phenols is 2. The zero-order valence-corrected chi connectivity index (χ0v) is 67.1. The van der Waals surface area contributed by atoms with Crippen molar-refractivity contribution >= 4 is 121 Å². The Morgan fingerprint density at radius 3 is 0.966 bits per heavy atom. The number of nitrogens with zero attached hydrogens (tertiary/aromatic N) is 3. The average Bonchev–Trinajstić information content (AvgIpc) is 1.57. The standard InChI is InChI=1S/C36H25NS.C35H23NOS.C25H16ClNOS.C10H9BO2/c1-24-11-5-7-18-30(24)36-37-35-33(32-20-10-15-26-14-6-8-19-31(26)32)22-29(23-34(35)38-36)28-17-9-16-27(21-28)25-12-3-2-4-13-25;37-32-19-7-6-17-30(32)35-36-34-31(29-18-9-13-24-12-4-5-16-28(24)29)21-27(22-33(34)38-35)26-15-8-14-25(20-26)23-10-2-1-3-11-23;26-21-14-19(18-10-6-9-17(13-18)16-7-2-1-3-8-16)15-23-24(21)27-25(29-23)20-11-4-5-12-22(20)28;12-11(13)10-7-3-5-8-4-1-2-6-9(8)10/h2-23H,1H3;1-22,37H;1-15,28H;1-7,12-13H. The fourth-order valence-electron chi connectivity index (χ4n) is 15.3. The number of halogens is 1. The number of thiazole rings is 3. The molecule has 21 rings (SSSR count). The molecule has 0 unspecified atom stereocenters. The molecular formula is C106H73BClN3O4S3. The van der Waals surface area contributed by atoms with Gasteiger partial charge in [0.25, 0.3) is 0 Å². The smallest absolute Gasteiger partial charge is 0.489 e. The number of para-hydroxylation sites is 2. The number of aromatic nitrogens is 3. The lowest BCUT2D eigenvalue weighted by molar-refractivity contribution is 0.426. The first kappa shape index (κ1) is 75.6.